The van der Waals surface area contributed by atoms with Gasteiger partial charge in [-0.1, -0.05) is 53.5 Å². The topological polar surface area (TPSA) is 26.3 Å². The van der Waals surface area contributed by atoms with Gasteiger partial charge in [0.1, 0.15) is 6.10 Å². The molecule has 2 aromatic carbocycles. The predicted molar refractivity (Wildman–Crippen MR) is 86.0 cm³/mol. The van der Waals surface area contributed by atoms with Crippen LogP contribution in [0.25, 0.3) is 0 Å². The van der Waals surface area contributed by atoms with Crippen molar-refractivity contribution in [2.75, 3.05) is 6.61 Å². The molecular weight excluding hydrogens is 307 g/mol. The number of carbonyl (C=O) groups is 1. The van der Waals surface area contributed by atoms with Crippen molar-refractivity contribution in [2.45, 2.75) is 19.4 Å². The third-order valence-electron chi connectivity index (χ3n) is 3.10. The zero-order valence-electron chi connectivity index (χ0n) is 11.7. The zero-order valence-corrected chi connectivity index (χ0v) is 13.2. The molecule has 2 nitrogen and oxygen atoms in total. The fraction of sp³-hybridized carbons (Fsp3) is 0.235. The van der Waals surface area contributed by atoms with Gasteiger partial charge in [-0.05, 0) is 36.2 Å². The van der Waals surface area contributed by atoms with Crippen LogP contribution in [0.3, 0.4) is 0 Å². The molecule has 0 aromatic heterocycles. The smallest absolute Gasteiger partial charge is 0.170 e. The molecule has 0 saturated heterocycles. The monoisotopic (exact) mass is 322 g/mol. The first kappa shape index (κ1) is 16.0. The first-order chi connectivity index (χ1) is 10.1. The van der Waals surface area contributed by atoms with E-state index in [0.29, 0.717) is 16.7 Å². The average Bonchev–Trinajstić information content (AvgIpc) is 2.49. The standard InChI is InChI=1S/C17H16Cl2O2/c1-2-21-17(12-6-4-3-5-7-12)16(20)11-13-10-14(18)8-9-15(13)19/h3-10,17H,2,11H2,1H3. The average molecular weight is 323 g/mol. The van der Waals surface area contributed by atoms with Crippen LogP contribution in [0.15, 0.2) is 48.5 Å². The third kappa shape index (κ3) is 4.31. The first-order valence-corrected chi connectivity index (χ1v) is 7.50. The van der Waals surface area contributed by atoms with E-state index >= 15 is 0 Å². The number of benzene rings is 2. The van der Waals surface area contributed by atoms with Crippen molar-refractivity contribution in [1.29, 1.82) is 0 Å². The Morgan fingerprint density at radius 2 is 1.86 bits per heavy atom. The Kier molecular flexibility index (Phi) is 5.80. The van der Waals surface area contributed by atoms with Crippen molar-refractivity contribution in [3.63, 3.8) is 0 Å². The molecule has 2 aromatic rings. The fourth-order valence-electron chi connectivity index (χ4n) is 2.13. The number of ether oxygens (including phenoxy) is 1. The number of hydrogen-bond donors (Lipinski definition) is 0. The highest BCUT2D eigenvalue weighted by Gasteiger charge is 2.21. The maximum Gasteiger partial charge on any atom is 0.170 e. The van der Waals surface area contributed by atoms with Crippen LogP contribution >= 0.6 is 23.2 Å². The molecule has 110 valence electrons. The minimum absolute atomic E-state index is 0.0350. The van der Waals surface area contributed by atoms with Gasteiger partial charge in [0, 0.05) is 23.1 Å². The number of Topliss-reactive ketones (excluding diaryl/α,β-unsaturated/α-hetero) is 1. The summed E-state index contributed by atoms with van der Waals surface area (Å²) < 4.78 is 5.61. The van der Waals surface area contributed by atoms with E-state index in [9.17, 15) is 4.79 Å². The van der Waals surface area contributed by atoms with Crippen LogP contribution in [-0.2, 0) is 16.0 Å². The van der Waals surface area contributed by atoms with Gasteiger partial charge in [-0.3, -0.25) is 4.79 Å². The lowest BCUT2D eigenvalue weighted by molar-refractivity contribution is -0.130. The van der Waals surface area contributed by atoms with E-state index in [1.54, 1.807) is 18.2 Å². The van der Waals surface area contributed by atoms with Crippen LogP contribution in [0.2, 0.25) is 10.0 Å². The molecule has 0 amide bonds. The van der Waals surface area contributed by atoms with Gasteiger partial charge < -0.3 is 4.74 Å². The van der Waals surface area contributed by atoms with Gasteiger partial charge >= 0.3 is 0 Å². The van der Waals surface area contributed by atoms with Gasteiger partial charge in [0.05, 0.1) is 0 Å². The molecule has 0 spiro atoms. The minimum Gasteiger partial charge on any atom is -0.366 e. The largest absolute Gasteiger partial charge is 0.366 e. The van der Waals surface area contributed by atoms with Gasteiger partial charge in [0.2, 0.25) is 0 Å². The first-order valence-electron chi connectivity index (χ1n) is 6.75. The molecule has 0 heterocycles. The number of rotatable bonds is 6. The Hall–Kier alpha value is -1.35. The van der Waals surface area contributed by atoms with Crippen LogP contribution in [0.4, 0.5) is 0 Å². The molecular formula is C17H16Cl2O2. The van der Waals surface area contributed by atoms with E-state index in [1.807, 2.05) is 37.3 Å². The normalized spacial score (nSPS) is 12.1. The molecule has 0 aliphatic rings. The van der Waals surface area contributed by atoms with E-state index < -0.39 is 6.10 Å². The summed E-state index contributed by atoms with van der Waals surface area (Å²) in [6, 6.07) is 14.6. The Morgan fingerprint density at radius 1 is 1.14 bits per heavy atom. The minimum atomic E-state index is -0.578. The highest BCUT2D eigenvalue weighted by molar-refractivity contribution is 6.33. The van der Waals surface area contributed by atoms with E-state index in [1.165, 1.54) is 0 Å². The Balaban J connectivity index is 2.21. The summed E-state index contributed by atoms with van der Waals surface area (Å²) in [4.78, 5) is 12.5. The Bertz CT molecular complexity index is 611. The summed E-state index contributed by atoms with van der Waals surface area (Å²) in [5.41, 5.74) is 1.57. The maximum atomic E-state index is 12.5. The molecule has 0 saturated carbocycles. The molecule has 0 radical (unpaired) electrons. The third-order valence-corrected chi connectivity index (χ3v) is 3.70. The van der Waals surface area contributed by atoms with Crippen LogP contribution in [-0.4, -0.2) is 12.4 Å². The van der Waals surface area contributed by atoms with Gasteiger partial charge in [-0.25, -0.2) is 0 Å². The molecule has 0 N–H and O–H groups in total. The summed E-state index contributed by atoms with van der Waals surface area (Å²) in [6.07, 6.45) is -0.384. The Morgan fingerprint density at radius 3 is 2.52 bits per heavy atom. The van der Waals surface area contributed by atoms with E-state index in [-0.39, 0.29) is 12.2 Å². The predicted octanol–water partition coefficient (Wildman–Crippen LogP) is 4.88. The number of hydrogen-bond acceptors (Lipinski definition) is 2. The summed E-state index contributed by atoms with van der Waals surface area (Å²) >= 11 is 12.1. The fourth-order valence-corrected chi connectivity index (χ4v) is 2.51. The second-order valence-electron chi connectivity index (χ2n) is 4.62. The lowest BCUT2D eigenvalue weighted by Crippen LogP contribution is -2.18. The Labute approximate surface area is 134 Å². The van der Waals surface area contributed by atoms with Crippen LogP contribution in [0.5, 0.6) is 0 Å². The zero-order chi connectivity index (χ0) is 15.2. The molecule has 0 aliphatic carbocycles. The summed E-state index contributed by atoms with van der Waals surface area (Å²) in [6.45, 7) is 2.34. The van der Waals surface area contributed by atoms with Crippen LogP contribution in [0, 0.1) is 0 Å². The van der Waals surface area contributed by atoms with Crippen molar-refractivity contribution in [3.8, 4) is 0 Å². The summed E-state index contributed by atoms with van der Waals surface area (Å²) in [5.74, 6) is -0.0350. The molecule has 21 heavy (non-hydrogen) atoms. The molecule has 0 fully saturated rings. The maximum absolute atomic E-state index is 12.5. The van der Waals surface area contributed by atoms with Crippen molar-refractivity contribution in [2.24, 2.45) is 0 Å². The molecule has 1 unspecified atom stereocenters. The van der Waals surface area contributed by atoms with Crippen molar-refractivity contribution < 1.29 is 9.53 Å². The van der Waals surface area contributed by atoms with Crippen molar-refractivity contribution >= 4 is 29.0 Å². The quantitative estimate of drug-likeness (QED) is 0.757. The molecule has 4 heteroatoms. The second-order valence-corrected chi connectivity index (χ2v) is 5.47. The lowest BCUT2D eigenvalue weighted by Gasteiger charge is -2.16. The van der Waals surface area contributed by atoms with Crippen LogP contribution < -0.4 is 0 Å². The highest BCUT2D eigenvalue weighted by atomic mass is 35.5. The molecule has 0 bridgehead atoms. The summed E-state index contributed by atoms with van der Waals surface area (Å²) in [5, 5.41) is 1.10. The molecule has 1 atom stereocenters. The van der Waals surface area contributed by atoms with Gasteiger partial charge in [-0.2, -0.15) is 0 Å². The van der Waals surface area contributed by atoms with E-state index in [2.05, 4.69) is 0 Å². The van der Waals surface area contributed by atoms with Crippen molar-refractivity contribution in [1.82, 2.24) is 0 Å². The number of ketones is 1. The summed E-state index contributed by atoms with van der Waals surface area (Å²) in [7, 11) is 0. The highest BCUT2D eigenvalue weighted by Crippen LogP contribution is 2.25. The van der Waals surface area contributed by atoms with E-state index in [0.717, 1.165) is 11.1 Å². The molecule has 2 rings (SSSR count). The SMILES string of the molecule is CCOC(C(=O)Cc1cc(Cl)ccc1Cl)c1ccccc1. The van der Waals surface area contributed by atoms with Crippen molar-refractivity contribution in [3.05, 3.63) is 69.7 Å². The lowest BCUT2D eigenvalue weighted by atomic mass is 10.00. The van der Waals surface area contributed by atoms with Gasteiger partial charge in [0.25, 0.3) is 0 Å². The number of halogens is 2. The van der Waals surface area contributed by atoms with Gasteiger partial charge in [-0.15, -0.1) is 0 Å². The second kappa shape index (κ2) is 7.60. The van der Waals surface area contributed by atoms with E-state index in [4.69, 9.17) is 27.9 Å². The van der Waals surface area contributed by atoms with Gasteiger partial charge in [0.15, 0.2) is 5.78 Å². The molecule has 0 aliphatic heterocycles. The van der Waals surface area contributed by atoms with Crippen LogP contribution in [0.1, 0.15) is 24.2 Å². The number of carbonyl (C=O) groups excluding carboxylic acids is 1.